The van der Waals surface area contributed by atoms with Crippen molar-refractivity contribution in [2.45, 2.75) is 69.2 Å². The van der Waals surface area contributed by atoms with Crippen LogP contribution >= 0.6 is 0 Å². The molecule has 0 heterocycles. The minimum atomic E-state index is -0.220. The van der Waals surface area contributed by atoms with E-state index < -0.39 is 0 Å². The number of hydrogen-bond donors (Lipinski definition) is 4. The average Bonchev–Trinajstić information content (AvgIpc) is 3.27. The van der Waals surface area contributed by atoms with Crippen LogP contribution in [0.3, 0.4) is 0 Å². The number of rotatable bonds is 6. The topological polar surface area (TPSA) is 64.5 Å². The predicted octanol–water partition coefficient (Wildman–Crippen LogP) is 3.93. The van der Waals surface area contributed by atoms with Crippen molar-refractivity contribution in [1.29, 1.82) is 0 Å². The molecule has 0 bridgehead atoms. The molecule has 2 fully saturated rings. The van der Waals surface area contributed by atoms with Crippen molar-refractivity contribution < 1.29 is 10.2 Å². The zero-order valence-electron chi connectivity index (χ0n) is 15.8. The van der Waals surface area contributed by atoms with Crippen LogP contribution in [0.25, 0.3) is 0 Å². The van der Waals surface area contributed by atoms with E-state index >= 15 is 0 Å². The molecule has 4 heteroatoms. The molecule has 0 radical (unpaired) electrons. The van der Waals surface area contributed by atoms with Gasteiger partial charge in [-0.15, -0.1) is 0 Å². The lowest BCUT2D eigenvalue weighted by molar-refractivity contribution is 0.171. The van der Waals surface area contributed by atoms with Crippen LogP contribution in [0.5, 0.6) is 0 Å². The van der Waals surface area contributed by atoms with E-state index in [-0.39, 0.29) is 24.3 Å². The van der Waals surface area contributed by atoms with E-state index in [2.05, 4.69) is 59.2 Å². The minimum absolute atomic E-state index is 0.189. The summed E-state index contributed by atoms with van der Waals surface area (Å²) >= 11 is 0. The number of benzene rings is 2. The molecule has 0 spiro atoms. The quantitative estimate of drug-likeness (QED) is 0.626. The van der Waals surface area contributed by atoms with Gasteiger partial charge in [0, 0.05) is 11.4 Å². The van der Waals surface area contributed by atoms with Crippen molar-refractivity contribution in [3.05, 3.63) is 59.7 Å². The molecule has 2 saturated carbocycles. The molecule has 4 atom stereocenters. The van der Waals surface area contributed by atoms with Gasteiger partial charge < -0.3 is 20.8 Å². The van der Waals surface area contributed by atoms with E-state index in [9.17, 15) is 10.2 Å². The second-order valence-corrected chi connectivity index (χ2v) is 8.07. The van der Waals surface area contributed by atoms with Gasteiger partial charge in [0.15, 0.2) is 0 Å². The van der Waals surface area contributed by atoms with Gasteiger partial charge in [-0.1, -0.05) is 24.3 Å². The Bertz CT molecular complexity index is 666. The Morgan fingerprint density at radius 3 is 1.37 bits per heavy atom. The van der Waals surface area contributed by atoms with Gasteiger partial charge in [-0.3, -0.25) is 0 Å². The fourth-order valence-electron chi connectivity index (χ4n) is 4.32. The molecule has 0 amide bonds. The first kappa shape index (κ1) is 18.3. The van der Waals surface area contributed by atoms with Crippen LogP contribution in [0.1, 0.15) is 49.7 Å². The third kappa shape index (κ3) is 4.63. The van der Waals surface area contributed by atoms with Crippen molar-refractivity contribution in [3.8, 4) is 0 Å². The summed E-state index contributed by atoms with van der Waals surface area (Å²) in [7, 11) is 0. The molecular weight excluding hydrogens is 336 g/mol. The molecule has 0 saturated heterocycles. The first-order valence-electron chi connectivity index (χ1n) is 10.2. The molecule has 0 aliphatic heterocycles. The molecule has 4 rings (SSSR count). The summed E-state index contributed by atoms with van der Waals surface area (Å²) in [5.41, 5.74) is 4.72. The van der Waals surface area contributed by atoms with E-state index in [1.807, 2.05) is 0 Å². The molecule has 2 aliphatic rings. The molecule has 144 valence electrons. The van der Waals surface area contributed by atoms with E-state index in [0.29, 0.717) is 0 Å². The summed E-state index contributed by atoms with van der Waals surface area (Å²) in [5, 5.41) is 26.8. The van der Waals surface area contributed by atoms with E-state index in [1.165, 1.54) is 11.1 Å². The lowest BCUT2D eigenvalue weighted by Crippen LogP contribution is -2.27. The third-order valence-corrected chi connectivity index (χ3v) is 5.98. The molecule has 2 aromatic carbocycles. The smallest absolute Gasteiger partial charge is 0.0741 e. The Kier molecular flexibility index (Phi) is 5.65. The molecule has 0 aromatic heterocycles. The van der Waals surface area contributed by atoms with Crippen molar-refractivity contribution >= 4 is 11.4 Å². The number of aliphatic hydroxyl groups excluding tert-OH is 2. The van der Waals surface area contributed by atoms with Crippen LogP contribution in [0, 0.1) is 0 Å². The lowest BCUT2D eigenvalue weighted by atomic mass is 10.0. The van der Waals surface area contributed by atoms with Gasteiger partial charge in [0.25, 0.3) is 0 Å². The first-order chi connectivity index (χ1) is 13.2. The molecule has 4 N–H and O–H groups in total. The Morgan fingerprint density at radius 2 is 1.04 bits per heavy atom. The zero-order valence-corrected chi connectivity index (χ0v) is 15.8. The summed E-state index contributed by atoms with van der Waals surface area (Å²) in [6, 6.07) is 17.4. The standard InChI is InChI=1S/C23H30N2O2/c26-22-5-1-3-20(22)24-18-11-7-16(8-12-18)15-17-9-13-19(14-10-17)25-21-4-2-6-23(21)27/h7-14,20-27H,1-6,15H2/t20-,21+,22-,23+. The SMILES string of the molecule is O[C@@H]1CCC[C@H]1Nc1ccc(Cc2ccc(N[C@H]3CCC[C@@H]3O)cc2)cc1. The highest BCUT2D eigenvalue weighted by molar-refractivity contribution is 5.48. The molecule has 2 aliphatic carbocycles. The van der Waals surface area contributed by atoms with Crippen LogP contribution in [0.4, 0.5) is 11.4 Å². The number of hydrogen-bond acceptors (Lipinski definition) is 4. The third-order valence-electron chi connectivity index (χ3n) is 5.98. The van der Waals surface area contributed by atoms with Crippen LogP contribution in [-0.4, -0.2) is 34.5 Å². The van der Waals surface area contributed by atoms with Gasteiger partial charge in [0.1, 0.15) is 0 Å². The largest absolute Gasteiger partial charge is 0.391 e. The fourth-order valence-corrected chi connectivity index (χ4v) is 4.32. The van der Waals surface area contributed by atoms with E-state index in [0.717, 1.165) is 56.3 Å². The highest BCUT2D eigenvalue weighted by Crippen LogP contribution is 2.25. The second-order valence-electron chi connectivity index (χ2n) is 8.07. The molecule has 4 nitrogen and oxygen atoms in total. The second kappa shape index (κ2) is 8.32. The zero-order chi connectivity index (χ0) is 18.6. The first-order valence-corrected chi connectivity index (χ1v) is 10.2. The molecule has 27 heavy (non-hydrogen) atoms. The maximum Gasteiger partial charge on any atom is 0.0741 e. The number of nitrogens with one attached hydrogen (secondary N) is 2. The van der Waals surface area contributed by atoms with Crippen LogP contribution < -0.4 is 10.6 Å². The Hall–Kier alpha value is -2.04. The van der Waals surface area contributed by atoms with Gasteiger partial charge in [-0.05, 0) is 80.3 Å². The number of aliphatic hydroxyl groups is 2. The monoisotopic (exact) mass is 366 g/mol. The number of anilines is 2. The average molecular weight is 367 g/mol. The molecule has 2 aromatic rings. The fraction of sp³-hybridized carbons (Fsp3) is 0.478. The molecular formula is C23H30N2O2. The van der Waals surface area contributed by atoms with Crippen LogP contribution in [0.2, 0.25) is 0 Å². The normalized spacial score (nSPS) is 27.6. The Morgan fingerprint density at radius 1 is 0.630 bits per heavy atom. The van der Waals surface area contributed by atoms with Crippen molar-refractivity contribution in [1.82, 2.24) is 0 Å². The highest BCUT2D eigenvalue weighted by atomic mass is 16.3. The molecule has 0 unspecified atom stereocenters. The maximum absolute atomic E-state index is 9.94. The Labute approximate surface area is 161 Å². The summed E-state index contributed by atoms with van der Waals surface area (Å²) in [5.74, 6) is 0. The van der Waals surface area contributed by atoms with Gasteiger partial charge in [0.2, 0.25) is 0 Å². The Balaban J connectivity index is 1.32. The summed E-state index contributed by atoms with van der Waals surface area (Å²) in [6.07, 6.45) is 6.55. The van der Waals surface area contributed by atoms with E-state index in [1.54, 1.807) is 0 Å². The van der Waals surface area contributed by atoms with Crippen LogP contribution in [0.15, 0.2) is 48.5 Å². The minimum Gasteiger partial charge on any atom is -0.391 e. The van der Waals surface area contributed by atoms with Gasteiger partial charge in [-0.25, -0.2) is 0 Å². The van der Waals surface area contributed by atoms with Crippen molar-refractivity contribution in [2.24, 2.45) is 0 Å². The maximum atomic E-state index is 9.94. The van der Waals surface area contributed by atoms with Gasteiger partial charge >= 0.3 is 0 Å². The van der Waals surface area contributed by atoms with Crippen molar-refractivity contribution in [3.63, 3.8) is 0 Å². The van der Waals surface area contributed by atoms with Crippen molar-refractivity contribution in [2.75, 3.05) is 10.6 Å². The van der Waals surface area contributed by atoms with E-state index in [4.69, 9.17) is 0 Å². The summed E-state index contributed by atoms with van der Waals surface area (Å²) in [4.78, 5) is 0. The van der Waals surface area contributed by atoms with Gasteiger partial charge in [-0.2, -0.15) is 0 Å². The summed E-state index contributed by atoms with van der Waals surface area (Å²) < 4.78 is 0. The summed E-state index contributed by atoms with van der Waals surface area (Å²) in [6.45, 7) is 0. The highest BCUT2D eigenvalue weighted by Gasteiger charge is 2.25. The lowest BCUT2D eigenvalue weighted by Gasteiger charge is -2.18. The van der Waals surface area contributed by atoms with Crippen LogP contribution in [-0.2, 0) is 6.42 Å². The predicted molar refractivity (Wildman–Crippen MR) is 110 cm³/mol. The van der Waals surface area contributed by atoms with Gasteiger partial charge in [0.05, 0.1) is 24.3 Å².